The molecule has 0 radical (unpaired) electrons. The highest BCUT2D eigenvalue weighted by Gasteiger charge is 2.10. The van der Waals surface area contributed by atoms with Gasteiger partial charge in [-0.25, -0.2) is 4.98 Å². The van der Waals surface area contributed by atoms with Crippen LogP contribution in [0.5, 0.6) is 0 Å². The molecule has 1 aromatic heterocycles. The summed E-state index contributed by atoms with van der Waals surface area (Å²) in [5, 5.41) is 3.04. The minimum Gasteiger partial charge on any atom is -0.352 e. The molecule has 4 heteroatoms. The minimum atomic E-state index is 0.0778. The number of carbonyl (C=O) groups excluding carboxylic acids is 1. The monoisotopic (exact) mass is 237 g/mol. The highest BCUT2D eigenvalue weighted by Crippen LogP contribution is 2.02. The lowest BCUT2D eigenvalue weighted by atomic mass is 10.2. The van der Waals surface area contributed by atoms with Crippen molar-refractivity contribution in [2.75, 3.05) is 0 Å². The predicted molar refractivity (Wildman–Crippen MR) is 68.7 cm³/mol. The van der Waals surface area contributed by atoms with Crippen LogP contribution in [0.4, 0.5) is 0 Å². The summed E-state index contributed by atoms with van der Waals surface area (Å²) in [6.45, 7) is 6.68. The standard InChI is InChI=1S/C13H23N3O/c1-4-7-12-14-8-9-16(12)10-13(17)15-11(5-2)6-3/h8-9,11H,4-7,10H2,1-3H3,(H,15,17). The van der Waals surface area contributed by atoms with Crippen LogP contribution in [-0.4, -0.2) is 21.5 Å². The summed E-state index contributed by atoms with van der Waals surface area (Å²) in [5.41, 5.74) is 0. The minimum absolute atomic E-state index is 0.0778. The molecule has 96 valence electrons. The molecule has 1 heterocycles. The number of carbonyl (C=O) groups is 1. The van der Waals surface area contributed by atoms with Crippen molar-refractivity contribution in [3.63, 3.8) is 0 Å². The fourth-order valence-electron chi connectivity index (χ4n) is 1.86. The number of amides is 1. The molecule has 17 heavy (non-hydrogen) atoms. The van der Waals surface area contributed by atoms with Crippen molar-refractivity contribution in [3.05, 3.63) is 18.2 Å². The molecule has 0 atom stereocenters. The summed E-state index contributed by atoms with van der Waals surface area (Å²) in [7, 11) is 0. The van der Waals surface area contributed by atoms with E-state index in [1.807, 2.05) is 10.8 Å². The van der Waals surface area contributed by atoms with Gasteiger partial charge in [0.25, 0.3) is 0 Å². The van der Waals surface area contributed by atoms with Crippen LogP contribution in [0.1, 0.15) is 45.9 Å². The van der Waals surface area contributed by atoms with Crippen molar-refractivity contribution in [1.82, 2.24) is 14.9 Å². The van der Waals surface area contributed by atoms with Gasteiger partial charge in [0.05, 0.1) is 0 Å². The number of nitrogens with zero attached hydrogens (tertiary/aromatic N) is 2. The van der Waals surface area contributed by atoms with E-state index >= 15 is 0 Å². The van der Waals surface area contributed by atoms with Gasteiger partial charge in [0.1, 0.15) is 12.4 Å². The number of hydrogen-bond donors (Lipinski definition) is 1. The van der Waals surface area contributed by atoms with Crippen molar-refractivity contribution in [3.8, 4) is 0 Å². The molecule has 1 aromatic rings. The quantitative estimate of drug-likeness (QED) is 0.789. The normalized spacial score (nSPS) is 10.8. The van der Waals surface area contributed by atoms with E-state index in [1.54, 1.807) is 6.20 Å². The summed E-state index contributed by atoms with van der Waals surface area (Å²) in [5.74, 6) is 1.07. The molecule has 0 aliphatic rings. The zero-order chi connectivity index (χ0) is 12.7. The van der Waals surface area contributed by atoms with E-state index in [0.717, 1.165) is 31.5 Å². The van der Waals surface area contributed by atoms with Gasteiger partial charge >= 0.3 is 0 Å². The molecule has 0 aliphatic heterocycles. The number of rotatable bonds is 7. The summed E-state index contributed by atoms with van der Waals surface area (Å²) < 4.78 is 1.93. The third-order valence-corrected chi connectivity index (χ3v) is 2.94. The van der Waals surface area contributed by atoms with Crippen LogP contribution in [0.25, 0.3) is 0 Å². The van der Waals surface area contributed by atoms with E-state index < -0.39 is 0 Å². The molecule has 0 saturated heterocycles. The Labute approximate surface area is 103 Å². The summed E-state index contributed by atoms with van der Waals surface area (Å²) in [6.07, 6.45) is 7.56. The second kappa shape index (κ2) is 7.09. The number of aromatic nitrogens is 2. The number of aryl methyl sites for hydroxylation is 1. The average molecular weight is 237 g/mol. The van der Waals surface area contributed by atoms with Gasteiger partial charge in [0.2, 0.25) is 5.91 Å². The fourth-order valence-corrected chi connectivity index (χ4v) is 1.86. The Kier molecular flexibility index (Phi) is 5.73. The lowest BCUT2D eigenvalue weighted by molar-refractivity contribution is -0.122. The van der Waals surface area contributed by atoms with Gasteiger partial charge in [0.15, 0.2) is 0 Å². The summed E-state index contributed by atoms with van der Waals surface area (Å²) in [4.78, 5) is 16.1. The molecule has 0 aromatic carbocycles. The fraction of sp³-hybridized carbons (Fsp3) is 0.692. The first-order chi connectivity index (χ1) is 8.21. The lowest BCUT2D eigenvalue weighted by Gasteiger charge is -2.15. The van der Waals surface area contributed by atoms with Crippen molar-refractivity contribution < 1.29 is 4.79 Å². The molecule has 0 spiro atoms. The van der Waals surface area contributed by atoms with Crippen molar-refractivity contribution in [2.24, 2.45) is 0 Å². The first-order valence-corrected chi connectivity index (χ1v) is 6.50. The first kappa shape index (κ1) is 13.7. The van der Waals surface area contributed by atoms with Gasteiger partial charge in [-0.1, -0.05) is 20.8 Å². The highest BCUT2D eigenvalue weighted by molar-refractivity contribution is 5.76. The largest absolute Gasteiger partial charge is 0.352 e. The third-order valence-electron chi connectivity index (χ3n) is 2.94. The highest BCUT2D eigenvalue weighted by atomic mass is 16.2. The molecule has 0 fully saturated rings. The second-order valence-electron chi connectivity index (χ2n) is 4.30. The van der Waals surface area contributed by atoms with Gasteiger partial charge in [-0.2, -0.15) is 0 Å². The SMILES string of the molecule is CCCc1nccn1CC(=O)NC(CC)CC. The lowest BCUT2D eigenvalue weighted by Crippen LogP contribution is -2.36. The Morgan fingerprint density at radius 2 is 2.12 bits per heavy atom. The predicted octanol–water partition coefficient (Wildman–Crippen LogP) is 2.14. The zero-order valence-corrected chi connectivity index (χ0v) is 11.1. The van der Waals surface area contributed by atoms with E-state index in [-0.39, 0.29) is 5.91 Å². The van der Waals surface area contributed by atoms with Gasteiger partial charge in [-0.05, 0) is 19.3 Å². The maximum absolute atomic E-state index is 11.8. The van der Waals surface area contributed by atoms with Gasteiger partial charge in [-0.3, -0.25) is 4.79 Å². The van der Waals surface area contributed by atoms with E-state index in [1.165, 1.54) is 0 Å². The van der Waals surface area contributed by atoms with E-state index in [4.69, 9.17) is 0 Å². The third kappa shape index (κ3) is 4.21. The Balaban J connectivity index is 2.52. The Bertz CT molecular complexity index is 342. The number of nitrogens with one attached hydrogen (secondary N) is 1. The molecule has 4 nitrogen and oxygen atoms in total. The molecular weight excluding hydrogens is 214 g/mol. The Morgan fingerprint density at radius 1 is 1.41 bits per heavy atom. The number of hydrogen-bond acceptors (Lipinski definition) is 2. The van der Waals surface area contributed by atoms with Crippen molar-refractivity contribution in [1.29, 1.82) is 0 Å². The topological polar surface area (TPSA) is 46.9 Å². The molecule has 0 aliphatic carbocycles. The van der Waals surface area contributed by atoms with Gasteiger partial charge in [-0.15, -0.1) is 0 Å². The number of imidazole rings is 1. The van der Waals surface area contributed by atoms with Crippen LogP contribution < -0.4 is 5.32 Å². The maximum Gasteiger partial charge on any atom is 0.240 e. The van der Waals surface area contributed by atoms with Crippen LogP contribution in [0.3, 0.4) is 0 Å². The average Bonchev–Trinajstić information content (AvgIpc) is 2.74. The molecular formula is C13H23N3O. The Hall–Kier alpha value is -1.32. The van der Waals surface area contributed by atoms with Crippen LogP contribution in [0.2, 0.25) is 0 Å². The summed E-state index contributed by atoms with van der Waals surface area (Å²) >= 11 is 0. The smallest absolute Gasteiger partial charge is 0.240 e. The van der Waals surface area contributed by atoms with Crippen LogP contribution >= 0.6 is 0 Å². The molecule has 1 amide bonds. The van der Waals surface area contributed by atoms with Crippen LogP contribution in [0.15, 0.2) is 12.4 Å². The van der Waals surface area contributed by atoms with Crippen molar-refractivity contribution in [2.45, 2.75) is 59.0 Å². The van der Waals surface area contributed by atoms with E-state index in [0.29, 0.717) is 12.6 Å². The maximum atomic E-state index is 11.8. The van der Waals surface area contributed by atoms with Crippen molar-refractivity contribution >= 4 is 5.91 Å². The molecule has 1 rings (SSSR count). The molecule has 0 bridgehead atoms. The first-order valence-electron chi connectivity index (χ1n) is 6.50. The van der Waals surface area contributed by atoms with Crippen LogP contribution in [0, 0.1) is 0 Å². The Morgan fingerprint density at radius 3 is 2.71 bits per heavy atom. The second-order valence-corrected chi connectivity index (χ2v) is 4.30. The van der Waals surface area contributed by atoms with E-state index in [2.05, 4.69) is 31.1 Å². The molecule has 1 N–H and O–H groups in total. The molecule has 0 saturated carbocycles. The van der Waals surface area contributed by atoms with Gasteiger partial charge < -0.3 is 9.88 Å². The zero-order valence-electron chi connectivity index (χ0n) is 11.1. The summed E-state index contributed by atoms with van der Waals surface area (Å²) in [6, 6.07) is 0.292. The van der Waals surface area contributed by atoms with E-state index in [9.17, 15) is 4.79 Å². The van der Waals surface area contributed by atoms with Crippen LogP contribution in [-0.2, 0) is 17.8 Å². The van der Waals surface area contributed by atoms with Gasteiger partial charge in [0, 0.05) is 24.9 Å². The molecule has 0 unspecified atom stereocenters.